The molecule has 9 aliphatic rings. The lowest BCUT2D eigenvalue weighted by molar-refractivity contribution is 0.288. The standard InChI is InChI=1S/C66H66N4S/c1-42-36-54(51-31-21-33-58-60(51)61-59-52-30-17-18-32-56(52)70(50-28-15-7-16-29-50)57(59)37-43(2)62(61)71-58)55(64-67-63(46-26-13-6-14-27-46)68-65(69-64)66(3)34-19-8-20-35-66)41-53(42)49-39-47(44-22-9-4-10-23-44)38-48(40-49)45-24-11-5-12-25-45/h4-6,8-11,13,15,17-20,22-24,26,28-32,34,38-39,41-43,49,53-54,58,60H,7,12,14,16,21,25,27,33,35-37,40H2,1-3H3/t42?,43-,49?,53?,54?,58?,60?,66?/m1/s1. The fraction of sp³-hybridized carbons (Fsp3) is 0.348. The molecule has 356 valence electrons. The lowest BCUT2D eigenvalue weighted by Crippen LogP contribution is -2.33. The van der Waals surface area contributed by atoms with Gasteiger partial charge in [-0.2, -0.15) is 0 Å². The van der Waals surface area contributed by atoms with Crippen LogP contribution in [0, 0.1) is 35.5 Å². The number of thioether (sulfide) groups is 1. The van der Waals surface area contributed by atoms with Crippen molar-refractivity contribution in [2.24, 2.45) is 35.5 Å². The average Bonchev–Trinajstić information content (AvgIpc) is 3.98. The predicted molar refractivity (Wildman–Crippen MR) is 299 cm³/mol. The summed E-state index contributed by atoms with van der Waals surface area (Å²) in [5, 5.41) is 1.93. The second-order valence-corrected chi connectivity index (χ2v) is 23.4. The molecule has 0 bridgehead atoms. The molecule has 8 atom stereocenters. The minimum Gasteiger partial charge on any atom is -0.313 e. The lowest BCUT2D eigenvalue weighted by Gasteiger charge is -2.42. The molecule has 0 amide bonds. The van der Waals surface area contributed by atoms with Crippen molar-refractivity contribution >= 4 is 50.7 Å². The van der Waals surface area contributed by atoms with Crippen molar-refractivity contribution in [2.75, 3.05) is 0 Å². The molecule has 0 saturated heterocycles. The van der Waals surface area contributed by atoms with Gasteiger partial charge in [-0.3, -0.25) is 0 Å². The van der Waals surface area contributed by atoms with E-state index in [9.17, 15) is 0 Å². The number of rotatable bonds is 8. The van der Waals surface area contributed by atoms with E-state index in [1.54, 1.807) is 16.1 Å². The number of aromatic nitrogens is 4. The zero-order valence-corrected chi connectivity index (χ0v) is 42.6. The Bertz CT molecular complexity index is 3260. The molecule has 71 heavy (non-hydrogen) atoms. The Balaban J connectivity index is 0.990. The fourth-order valence-corrected chi connectivity index (χ4v) is 15.5. The molecule has 0 fully saturated rings. The molecule has 5 heteroatoms. The molecule has 2 aromatic heterocycles. The first kappa shape index (κ1) is 44.9. The SMILES string of the molecule is CC1CC(C2=CCCC3SC4=C(c5c(n(C6=CCCC=C6)c6ccccc56)C[C@H]4C)C23)C(c2nc(C3=CC=CCC3)nc(C3(C)C=CC=CC3)n2)=CC1C1C=C(c2ccccc2)C=C(C2=CC=CCC2)C1. The average molecular weight is 947 g/mol. The van der Waals surface area contributed by atoms with Gasteiger partial charge in [-0.25, -0.2) is 15.0 Å². The molecular weight excluding hydrogens is 881 g/mol. The number of para-hydroxylation sites is 1. The maximum absolute atomic E-state index is 5.73. The number of hydrogen-bond donors (Lipinski definition) is 0. The maximum atomic E-state index is 5.73. The molecule has 0 spiro atoms. The van der Waals surface area contributed by atoms with E-state index in [-0.39, 0.29) is 11.3 Å². The van der Waals surface area contributed by atoms with Crippen molar-refractivity contribution < 1.29 is 0 Å². The summed E-state index contributed by atoms with van der Waals surface area (Å²) in [6.45, 7) is 7.40. The molecule has 8 aliphatic carbocycles. The highest BCUT2D eigenvalue weighted by Gasteiger charge is 2.49. The second-order valence-electron chi connectivity index (χ2n) is 22.1. The molecule has 1 aliphatic heterocycles. The van der Waals surface area contributed by atoms with E-state index in [2.05, 4.69) is 195 Å². The summed E-state index contributed by atoms with van der Waals surface area (Å²) in [4.78, 5) is 18.5. The number of allylic oxidation sites excluding steroid dienone is 26. The molecule has 2 aromatic carbocycles. The van der Waals surface area contributed by atoms with Gasteiger partial charge in [0.1, 0.15) is 5.82 Å². The Morgan fingerprint density at radius 1 is 0.732 bits per heavy atom. The third-order valence-electron chi connectivity index (χ3n) is 17.4. The molecule has 4 nitrogen and oxygen atoms in total. The summed E-state index contributed by atoms with van der Waals surface area (Å²) < 4.78 is 2.64. The summed E-state index contributed by atoms with van der Waals surface area (Å²) in [5.74, 6) is 4.67. The van der Waals surface area contributed by atoms with Crippen LogP contribution in [0.2, 0.25) is 0 Å². The zero-order valence-electron chi connectivity index (χ0n) is 41.7. The molecule has 3 heterocycles. The fourth-order valence-electron chi connectivity index (χ4n) is 13.8. The van der Waals surface area contributed by atoms with Gasteiger partial charge in [-0.15, -0.1) is 11.8 Å². The van der Waals surface area contributed by atoms with E-state index in [1.165, 1.54) is 67.7 Å². The van der Waals surface area contributed by atoms with Crippen molar-refractivity contribution in [3.63, 3.8) is 0 Å². The van der Waals surface area contributed by atoms with Crippen LogP contribution in [-0.4, -0.2) is 24.8 Å². The van der Waals surface area contributed by atoms with Crippen molar-refractivity contribution in [2.45, 2.75) is 108 Å². The van der Waals surface area contributed by atoms with Crippen molar-refractivity contribution in [1.82, 2.24) is 19.5 Å². The van der Waals surface area contributed by atoms with Gasteiger partial charge in [0.2, 0.25) is 0 Å². The smallest absolute Gasteiger partial charge is 0.160 e. The van der Waals surface area contributed by atoms with Gasteiger partial charge in [0.05, 0.1) is 5.52 Å². The quantitative estimate of drug-likeness (QED) is 0.165. The highest BCUT2D eigenvalue weighted by atomic mass is 32.2. The minimum absolute atomic E-state index is 0.180. The van der Waals surface area contributed by atoms with Crippen LogP contribution in [0.1, 0.15) is 126 Å². The van der Waals surface area contributed by atoms with Crippen LogP contribution in [0.4, 0.5) is 0 Å². The summed E-state index contributed by atoms with van der Waals surface area (Å²) in [6.07, 6.45) is 53.2. The number of benzene rings is 2. The van der Waals surface area contributed by atoms with Gasteiger partial charge in [0, 0.05) is 50.4 Å². The van der Waals surface area contributed by atoms with E-state index in [1.807, 2.05) is 0 Å². The molecule has 0 radical (unpaired) electrons. The molecular formula is C66H66N4S. The lowest BCUT2D eigenvalue weighted by atomic mass is 9.62. The van der Waals surface area contributed by atoms with Gasteiger partial charge in [0.25, 0.3) is 0 Å². The summed E-state index contributed by atoms with van der Waals surface area (Å²) in [6, 6.07) is 20.4. The van der Waals surface area contributed by atoms with Crippen molar-refractivity contribution in [1.29, 1.82) is 0 Å². The van der Waals surface area contributed by atoms with Gasteiger partial charge < -0.3 is 4.57 Å². The molecule has 13 rings (SSSR count). The zero-order chi connectivity index (χ0) is 47.6. The van der Waals surface area contributed by atoms with Gasteiger partial charge in [-0.1, -0.05) is 165 Å². The Kier molecular flexibility index (Phi) is 11.7. The molecule has 4 aromatic rings. The largest absolute Gasteiger partial charge is 0.313 e. The summed E-state index contributed by atoms with van der Waals surface area (Å²) in [5.41, 5.74) is 16.8. The van der Waals surface area contributed by atoms with Crippen LogP contribution in [0.5, 0.6) is 0 Å². The summed E-state index contributed by atoms with van der Waals surface area (Å²) >= 11 is 2.23. The first-order chi connectivity index (χ1) is 34.9. The third kappa shape index (κ3) is 8.02. The highest BCUT2D eigenvalue weighted by molar-refractivity contribution is 8.04. The van der Waals surface area contributed by atoms with Crippen LogP contribution in [0.25, 0.3) is 38.9 Å². The maximum Gasteiger partial charge on any atom is 0.160 e. The third-order valence-corrected chi connectivity index (χ3v) is 19.1. The first-order valence-corrected chi connectivity index (χ1v) is 27.9. The van der Waals surface area contributed by atoms with Crippen LogP contribution < -0.4 is 0 Å². The Hall–Kier alpha value is -6.04. The van der Waals surface area contributed by atoms with Crippen LogP contribution in [0.15, 0.2) is 180 Å². The Morgan fingerprint density at radius 3 is 2.34 bits per heavy atom. The normalized spacial score (nSPS) is 29.9. The highest BCUT2D eigenvalue weighted by Crippen LogP contribution is 2.63. The number of fused-ring (bicyclic) bond motifs is 6. The van der Waals surface area contributed by atoms with Crippen LogP contribution in [0.3, 0.4) is 0 Å². The van der Waals surface area contributed by atoms with Gasteiger partial charge in [0.15, 0.2) is 11.6 Å². The Morgan fingerprint density at radius 2 is 1.55 bits per heavy atom. The Labute approximate surface area is 425 Å². The second kappa shape index (κ2) is 18.5. The van der Waals surface area contributed by atoms with Gasteiger partial charge >= 0.3 is 0 Å². The van der Waals surface area contributed by atoms with Crippen LogP contribution in [-0.2, 0) is 11.8 Å². The van der Waals surface area contributed by atoms with Gasteiger partial charge in [-0.05, 0) is 158 Å². The minimum atomic E-state index is -0.328. The van der Waals surface area contributed by atoms with Crippen LogP contribution >= 0.6 is 11.8 Å². The monoisotopic (exact) mass is 947 g/mol. The topological polar surface area (TPSA) is 43.6 Å². The molecule has 0 saturated carbocycles. The van der Waals surface area contributed by atoms with Crippen molar-refractivity contribution in [3.05, 3.63) is 214 Å². The molecule has 0 N–H and O–H groups in total. The molecule has 7 unspecified atom stereocenters. The number of hydrogen-bond acceptors (Lipinski definition) is 4. The predicted octanol–water partition coefficient (Wildman–Crippen LogP) is 16.5. The van der Waals surface area contributed by atoms with E-state index < -0.39 is 0 Å². The van der Waals surface area contributed by atoms with E-state index in [0.29, 0.717) is 34.8 Å². The van der Waals surface area contributed by atoms with E-state index in [4.69, 9.17) is 15.0 Å². The van der Waals surface area contributed by atoms with E-state index >= 15 is 0 Å². The van der Waals surface area contributed by atoms with E-state index in [0.717, 1.165) is 88.1 Å². The summed E-state index contributed by atoms with van der Waals surface area (Å²) in [7, 11) is 0. The van der Waals surface area contributed by atoms with Crippen molar-refractivity contribution in [3.8, 4) is 0 Å². The first-order valence-electron chi connectivity index (χ1n) is 27.0. The number of nitrogens with zero attached hydrogens (tertiary/aromatic N) is 4.